The number of hydrogen-bond donors (Lipinski definition) is 2. The SMILES string of the molecule is CCc1ccc(-c2csc(NC(=O)C(C)OC(=O)c3cc(=O)[nH]c4ccccc34)n2)cc1. The number of aromatic nitrogens is 2. The summed E-state index contributed by atoms with van der Waals surface area (Å²) in [5.41, 5.74) is 3.16. The number of fused-ring (bicyclic) bond motifs is 1. The molecule has 2 heterocycles. The molecule has 8 heteroatoms. The first-order valence-electron chi connectivity index (χ1n) is 10.1. The van der Waals surface area contributed by atoms with E-state index in [0.29, 0.717) is 16.0 Å². The quantitative estimate of drug-likeness (QED) is 0.427. The number of carbonyl (C=O) groups excluding carboxylic acids is 2. The number of hydrogen-bond acceptors (Lipinski definition) is 6. The number of esters is 1. The molecule has 1 unspecified atom stereocenters. The van der Waals surface area contributed by atoms with Gasteiger partial charge >= 0.3 is 5.97 Å². The molecule has 0 saturated heterocycles. The molecule has 7 nitrogen and oxygen atoms in total. The Morgan fingerprint density at radius 1 is 1.16 bits per heavy atom. The molecule has 32 heavy (non-hydrogen) atoms. The molecule has 0 fully saturated rings. The van der Waals surface area contributed by atoms with Gasteiger partial charge in [-0.1, -0.05) is 49.4 Å². The van der Waals surface area contributed by atoms with Crippen LogP contribution in [0.25, 0.3) is 22.2 Å². The fraction of sp³-hybridized carbons (Fsp3) is 0.167. The summed E-state index contributed by atoms with van der Waals surface area (Å²) < 4.78 is 5.32. The van der Waals surface area contributed by atoms with E-state index in [-0.39, 0.29) is 5.56 Å². The average molecular weight is 448 g/mol. The van der Waals surface area contributed by atoms with Crippen LogP contribution in [0.1, 0.15) is 29.8 Å². The van der Waals surface area contributed by atoms with E-state index >= 15 is 0 Å². The van der Waals surface area contributed by atoms with Crippen molar-refractivity contribution in [2.45, 2.75) is 26.4 Å². The maximum atomic E-state index is 12.7. The van der Waals surface area contributed by atoms with Crippen molar-refractivity contribution in [1.29, 1.82) is 0 Å². The Kier molecular flexibility index (Phi) is 6.13. The van der Waals surface area contributed by atoms with Gasteiger partial charge in [0.15, 0.2) is 11.2 Å². The molecule has 2 N–H and O–H groups in total. The second kappa shape index (κ2) is 9.15. The zero-order valence-electron chi connectivity index (χ0n) is 17.5. The second-order valence-electron chi connectivity index (χ2n) is 7.22. The highest BCUT2D eigenvalue weighted by atomic mass is 32.1. The molecular formula is C24H21N3O4S. The van der Waals surface area contributed by atoms with Crippen LogP contribution in [0, 0.1) is 0 Å². The molecule has 0 radical (unpaired) electrons. The number of H-pyrrole nitrogens is 1. The lowest BCUT2D eigenvalue weighted by molar-refractivity contribution is -0.123. The van der Waals surface area contributed by atoms with Gasteiger partial charge in [0.05, 0.1) is 11.3 Å². The Morgan fingerprint density at radius 3 is 2.66 bits per heavy atom. The van der Waals surface area contributed by atoms with Gasteiger partial charge in [-0.25, -0.2) is 9.78 Å². The van der Waals surface area contributed by atoms with Gasteiger partial charge in [-0.3, -0.25) is 14.9 Å². The zero-order chi connectivity index (χ0) is 22.7. The molecular weight excluding hydrogens is 426 g/mol. The molecule has 2 aromatic heterocycles. The summed E-state index contributed by atoms with van der Waals surface area (Å²) in [6.07, 6.45) is -0.112. The van der Waals surface area contributed by atoms with Gasteiger partial charge in [0.25, 0.3) is 5.91 Å². The van der Waals surface area contributed by atoms with Crippen LogP contribution in [0.2, 0.25) is 0 Å². The van der Waals surface area contributed by atoms with Crippen LogP contribution in [0.5, 0.6) is 0 Å². The Hall–Kier alpha value is -3.78. The molecule has 0 aliphatic carbocycles. The second-order valence-corrected chi connectivity index (χ2v) is 8.08. The van der Waals surface area contributed by atoms with Crippen LogP contribution in [0.4, 0.5) is 5.13 Å². The summed E-state index contributed by atoms with van der Waals surface area (Å²) in [5.74, 6) is -1.25. The van der Waals surface area contributed by atoms with Gasteiger partial charge < -0.3 is 9.72 Å². The first-order chi connectivity index (χ1) is 15.4. The van der Waals surface area contributed by atoms with Crippen LogP contribution in [-0.4, -0.2) is 27.9 Å². The lowest BCUT2D eigenvalue weighted by Gasteiger charge is -2.13. The monoisotopic (exact) mass is 447 g/mol. The van der Waals surface area contributed by atoms with Crippen molar-refractivity contribution in [1.82, 2.24) is 9.97 Å². The topological polar surface area (TPSA) is 101 Å². The predicted molar refractivity (Wildman–Crippen MR) is 125 cm³/mol. The molecule has 4 rings (SSSR count). The van der Waals surface area contributed by atoms with Gasteiger partial charge in [0.1, 0.15) is 0 Å². The minimum atomic E-state index is -1.07. The van der Waals surface area contributed by atoms with Crippen molar-refractivity contribution < 1.29 is 14.3 Å². The molecule has 0 aliphatic rings. The number of rotatable bonds is 6. The number of nitrogens with one attached hydrogen (secondary N) is 2. The molecule has 0 saturated carbocycles. The molecule has 0 spiro atoms. The number of aryl methyl sites for hydroxylation is 1. The van der Waals surface area contributed by atoms with Crippen molar-refractivity contribution >= 4 is 39.2 Å². The number of anilines is 1. The lowest BCUT2D eigenvalue weighted by Crippen LogP contribution is -2.30. The first-order valence-corrected chi connectivity index (χ1v) is 11.0. The number of nitrogens with zero attached hydrogens (tertiary/aromatic N) is 1. The minimum Gasteiger partial charge on any atom is -0.449 e. The first kappa shape index (κ1) is 21.5. The fourth-order valence-corrected chi connectivity index (χ4v) is 3.96. The average Bonchev–Trinajstić information content (AvgIpc) is 3.26. The van der Waals surface area contributed by atoms with E-state index in [1.54, 1.807) is 24.3 Å². The normalized spacial score (nSPS) is 11.8. The van der Waals surface area contributed by atoms with E-state index < -0.39 is 23.5 Å². The molecule has 0 aliphatic heterocycles. The van der Waals surface area contributed by atoms with Gasteiger partial charge in [-0.15, -0.1) is 11.3 Å². The number of carbonyl (C=O) groups is 2. The molecule has 4 aromatic rings. The van der Waals surface area contributed by atoms with Gasteiger partial charge in [-0.2, -0.15) is 0 Å². The predicted octanol–water partition coefficient (Wildman–Crippen LogP) is 4.40. The maximum absolute atomic E-state index is 12.7. The van der Waals surface area contributed by atoms with Crippen LogP contribution in [-0.2, 0) is 16.0 Å². The van der Waals surface area contributed by atoms with Gasteiger partial charge in [0, 0.05) is 27.9 Å². The number of pyridine rings is 1. The number of para-hydroxylation sites is 1. The highest BCUT2D eigenvalue weighted by Gasteiger charge is 2.22. The number of thiazole rings is 1. The Balaban J connectivity index is 1.44. The highest BCUT2D eigenvalue weighted by molar-refractivity contribution is 7.14. The summed E-state index contributed by atoms with van der Waals surface area (Å²) in [7, 11) is 0. The van der Waals surface area contributed by atoms with Crippen molar-refractivity contribution in [3.63, 3.8) is 0 Å². The summed E-state index contributed by atoms with van der Waals surface area (Å²) in [5, 5.41) is 5.50. The molecule has 1 atom stereocenters. The standard InChI is InChI=1S/C24H21N3O4S/c1-3-15-8-10-16(11-9-15)20-13-32-24(26-20)27-22(29)14(2)31-23(30)18-12-21(28)25-19-7-5-4-6-17(18)19/h4-14H,3H2,1-2H3,(H,25,28)(H,26,27,29). The molecule has 0 bridgehead atoms. The largest absolute Gasteiger partial charge is 0.449 e. The smallest absolute Gasteiger partial charge is 0.339 e. The summed E-state index contributed by atoms with van der Waals surface area (Å²) in [4.78, 5) is 44.2. The number of benzene rings is 2. The maximum Gasteiger partial charge on any atom is 0.339 e. The summed E-state index contributed by atoms with van der Waals surface area (Å²) in [6, 6.07) is 16.2. The number of ether oxygens (including phenoxy) is 1. The molecule has 2 aromatic carbocycles. The van der Waals surface area contributed by atoms with E-state index in [1.165, 1.54) is 29.9 Å². The van der Waals surface area contributed by atoms with Crippen molar-refractivity contribution in [2.24, 2.45) is 0 Å². The van der Waals surface area contributed by atoms with Crippen molar-refractivity contribution in [3.8, 4) is 11.3 Å². The Labute approximate surface area is 188 Å². The highest BCUT2D eigenvalue weighted by Crippen LogP contribution is 2.25. The number of amides is 1. The van der Waals surface area contributed by atoms with E-state index in [2.05, 4.69) is 22.2 Å². The van der Waals surface area contributed by atoms with E-state index in [4.69, 9.17) is 4.74 Å². The Morgan fingerprint density at radius 2 is 1.91 bits per heavy atom. The van der Waals surface area contributed by atoms with Gasteiger partial charge in [-0.05, 0) is 25.0 Å². The third-order valence-electron chi connectivity index (χ3n) is 5.02. The van der Waals surface area contributed by atoms with Crippen LogP contribution in [0.15, 0.2) is 64.8 Å². The Bertz CT molecular complexity index is 1340. The fourth-order valence-electron chi connectivity index (χ4n) is 3.23. The van der Waals surface area contributed by atoms with Crippen molar-refractivity contribution in [3.05, 3.63) is 81.5 Å². The summed E-state index contributed by atoms with van der Waals surface area (Å²) >= 11 is 1.29. The number of aromatic amines is 1. The molecule has 162 valence electrons. The van der Waals surface area contributed by atoms with Crippen LogP contribution >= 0.6 is 11.3 Å². The van der Waals surface area contributed by atoms with Crippen LogP contribution in [0.3, 0.4) is 0 Å². The van der Waals surface area contributed by atoms with Crippen LogP contribution < -0.4 is 10.9 Å². The summed E-state index contributed by atoms with van der Waals surface area (Å²) in [6.45, 7) is 3.57. The lowest BCUT2D eigenvalue weighted by atomic mass is 10.1. The third kappa shape index (κ3) is 4.60. The minimum absolute atomic E-state index is 0.107. The van der Waals surface area contributed by atoms with E-state index in [1.807, 2.05) is 29.6 Å². The van der Waals surface area contributed by atoms with Gasteiger partial charge in [0.2, 0.25) is 5.56 Å². The zero-order valence-corrected chi connectivity index (χ0v) is 18.4. The van der Waals surface area contributed by atoms with Crippen molar-refractivity contribution in [2.75, 3.05) is 5.32 Å². The molecule has 1 amide bonds. The third-order valence-corrected chi connectivity index (χ3v) is 5.77. The van der Waals surface area contributed by atoms with E-state index in [9.17, 15) is 14.4 Å². The van der Waals surface area contributed by atoms with E-state index in [0.717, 1.165) is 17.7 Å².